The molecule has 2 aliphatic rings. The average Bonchev–Trinajstić information content (AvgIpc) is 3.82. The third-order valence-corrected chi connectivity index (χ3v) is 13.2. The van der Waals surface area contributed by atoms with Gasteiger partial charge in [0.2, 0.25) is 0 Å². The predicted molar refractivity (Wildman–Crippen MR) is 253 cm³/mol. The molecule has 2 nitrogen and oxygen atoms in total. The van der Waals surface area contributed by atoms with Crippen molar-refractivity contribution in [3.8, 4) is 67.3 Å². The smallest absolute Gasteiger partial charge is 0.160 e. The highest BCUT2D eigenvalue weighted by atomic mass is 14.9. The minimum Gasteiger partial charge on any atom is -0.228 e. The SMILES string of the molecule is c1ccc(-c2cc(-c3cccc(-c4ccc5c6c(ccc5c4)-c4c(c5ccccc5c5ccccc45)C64c5ccccc5-c5ccccc54)c3)nc(-c3ccccc3)n2)cc1. The summed E-state index contributed by atoms with van der Waals surface area (Å²) >= 11 is 0. The van der Waals surface area contributed by atoms with Crippen LogP contribution in [0, 0.1) is 0 Å². The Morgan fingerprint density at radius 2 is 0.836 bits per heavy atom. The van der Waals surface area contributed by atoms with E-state index in [4.69, 9.17) is 9.97 Å². The number of fused-ring (bicyclic) bond motifs is 17. The van der Waals surface area contributed by atoms with Gasteiger partial charge in [-0.05, 0) is 106 Å². The lowest BCUT2D eigenvalue weighted by atomic mass is 9.68. The van der Waals surface area contributed by atoms with E-state index in [-0.39, 0.29) is 0 Å². The van der Waals surface area contributed by atoms with Crippen molar-refractivity contribution >= 4 is 32.3 Å². The zero-order chi connectivity index (χ0) is 40.1. The fourth-order valence-electron chi connectivity index (χ4n) is 10.8. The Kier molecular flexibility index (Phi) is 7.26. The Hall–Kier alpha value is -7.94. The van der Waals surface area contributed by atoms with Crippen molar-refractivity contribution in [3.05, 3.63) is 241 Å². The molecule has 0 saturated heterocycles. The maximum atomic E-state index is 5.15. The molecule has 0 saturated carbocycles. The van der Waals surface area contributed by atoms with E-state index in [1.54, 1.807) is 0 Å². The van der Waals surface area contributed by atoms with Crippen LogP contribution in [0.3, 0.4) is 0 Å². The van der Waals surface area contributed by atoms with Crippen LogP contribution in [0.4, 0.5) is 0 Å². The number of rotatable bonds is 4. The molecule has 13 rings (SSSR count). The summed E-state index contributed by atoms with van der Waals surface area (Å²) in [4.78, 5) is 10.2. The summed E-state index contributed by atoms with van der Waals surface area (Å²) < 4.78 is 0. The first-order valence-corrected chi connectivity index (χ1v) is 21.1. The third kappa shape index (κ3) is 4.85. The number of hydrogen-bond acceptors (Lipinski definition) is 2. The van der Waals surface area contributed by atoms with Crippen molar-refractivity contribution in [3.63, 3.8) is 0 Å². The van der Waals surface area contributed by atoms with Gasteiger partial charge in [0.1, 0.15) is 0 Å². The highest BCUT2D eigenvalue weighted by Crippen LogP contribution is 2.66. The Morgan fingerprint density at radius 3 is 1.56 bits per heavy atom. The van der Waals surface area contributed by atoms with Gasteiger partial charge < -0.3 is 0 Å². The first-order chi connectivity index (χ1) is 30.3. The summed E-state index contributed by atoms with van der Waals surface area (Å²) in [6.07, 6.45) is 0. The van der Waals surface area contributed by atoms with Crippen LogP contribution in [-0.2, 0) is 5.41 Å². The maximum absolute atomic E-state index is 5.15. The Bertz CT molecular complexity index is 3480. The molecule has 1 aromatic heterocycles. The molecule has 0 N–H and O–H groups in total. The van der Waals surface area contributed by atoms with E-state index in [2.05, 4.69) is 194 Å². The molecule has 0 radical (unpaired) electrons. The zero-order valence-corrected chi connectivity index (χ0v) is 33.2. The number of aromatic nitrogens is 2. The molecule has 0 bridgehead atoms. The zero-order valence-electron chi connectivity index (χ0n) is 33.2. The average molecular weight is 773 g/mol. The summed E-state index contributed by atoms with van der Waals surface area (Å²) in [7, 11) is 0. The molecule has 2 heteroatoms. The van der Waals surface area contributed by atoms with E-state index in [1.165, 1.54) is 82.4 Å². The molecule has 0 atom stereocenters. The fourth-order valence-corrected chi connectivity index (χ4v) is 10.8. The lowest BCUT2D eigenvalue weighted by Gasteiger charge is -2.32. The first-order valence-electron chi connectivity index (χ1n) is 21.1. The van der Waals surface area contributed by atoms with Gasteiger partial charge in [-0.25, -0.2) is 9.97 Å². The first kappa shape index (κ1) is 34.0. The minimum absolute atomic E-state index is 0.498. The Morgan fingerprint density at radius 1 is 0.295 bits per heavy atom. The Balaban J connectivity index is 1.03. The van der Waals surface area contributed by atoms with E-state index in [0.717, 1.165) is 33.6 Å². The quantitative estimate of drug-likeness (QED) is 0.167. The van der Waals surface area contributed by atoms with E-state index in [1.807, 2.05) is 24.3 Å². The van der Waals surface area contributed by atoms with E-state index < -0.39 is 5.41 Å². The molecule has 2 aliphatic carbocycles. The van der Waals surface area contributed by atoms with Gasteiger partial charge in [-0.1, -0.05) is 200 Å². The summed E-state index contributed by atoms with van der Waals surface area (Å²) in [5.74, 6) is 0.715. The van der Waals surface area contributed by atoms with Crippen LogP contribution in [0.2, 0.25) is 0 Å². The number of hydrogen-bond donors (Lipinski definition) is 0. The van der Waals surface area contributed by atoms with Crippen molar-refractivity contribution in [2.24, 2.45) is 0 Å². The van der Waals surface area contributed by atoms with E-state index in [9.17, 15) is 0 Å². The molecule has 0 aliphatic heterocycles. The van der Waals surface area contributed by atoms with Crippen molar-refractivity contribution < 1.29 is 0 Å². The molecular formula is C59H36N2. The van der Waals surface area contributed by atoms with Crippen molar-refractivity contribution in [1.29, 1.82) is 0 Å². The van der Waals surface area contributed by atoms with Gasteiger partial charge >= 0.3 is 0 Å². The second-order valence-corrected chi connectivity index (χ2v) is 16.4. The summed E-state index contributed by atoms with van der Waals surface area (Å²) in [5, 5.41) is 7.72. The topological polar surface area (TPSA) is 25.8 Å². The van der Waals surface area contributed by atoms with Gasteiger partial charge in [0, 0.05) is 16.7 Å². The molecule has 282 valence electrons. The van der Waals surface area contributed by atoms with Crippen LogP contribution < -0.4 is 0 Å². The van der Waals surface area contributed by atoms with Gasteiger partial charge in [-0.2, -0.15) is 0 Å². The van der Waals surface area contributed by atoms with Crippen LogP contribution in [0.25, 0.3) is 99.6 Å². The molecule has 0 unspecified atom stereocenters. The lowest BCUT2D eigenvalue weighted by molar-refractivity contribution is 0.809. The van der Waals surface area contributed by atoms with Gasteiger partial charge in [0.05, 0.1) is 16.8 Å². The van der Waals surface area contributed by atoms with Crippen LogP contribution in [-0.4, -0.2) is 9.97 Å². The van der Waals surface area contributed by atoms with Gasteiger partial charge in [0.15, 0.2) is 5.82 Å². The summed E-state index contributed by atoms with van der Waals surface area (Å²) in [6, 6.07) is 79.8. The monoisotopic (exact) mass is 772 g/mol. The van der Waals surface area contributed by atoms with Crippen LogP contribution in [0.5, 0.6) is 0 Å². The minimum atomic E-state index is -0.498. The van der Waals surface area contributed by atoms with E-state index >= 15 is 0 Å². The largest absolute Gasteiger partial charge is 0.228 e. The molecule has 1 heterocycles. The second-order valence-electron chi connectivity index (χ2n) is 16.4. The third-order valence-electron chi connectivity index (χ3n) is 13.2. The van der Waals surface area contributed by atoms with Crippen LogP contribution in [0.15, 0.2) is 218 Å². The number of nitrogens with zero attached hydrogens (tertiary/aromatic N) is 2. The second kappa shape index (κ2) is 13.0. The molecule has 1 spiro atoms. The standard InChI is InChI=1S/C59H36N2/c1-3-16-37(17-4-1)53-36-54(61-58(60-53)38-18-5-2-6-19-38)42-21-15-20-39(35-42)40-30-32-43-41(34-40)31-33-50-55-48-26-9-7-22-44(48)45-23-8-10-27-49(45)57(55)59(56(43)50)51-28-13-11-24-46(51)47-25-12-14-29-52(47)59/h1-36H. The highest BCUT2D eigenvalue weighted by molar-refractivity contribution is 6.21. The van der Waals surface area contributed by atoms with Gasteiger partial charge in [-0.3, -0.25) is 0 Å². The highest BCUT2D eigenvalue weighted by Gasteiger charge is 2.53. The number of benzene rings is 10. The van der Waals surface area contributed by atoms with Crippen molar-refractivity contribution in [1.82, 2.24) is 9.97 Å². The molecule has 0 fully saturated rings. The van der Waals surface area contributed by atoms with E-state index in [0.29, 0.717) is 5.82 Å². The van der Waals surface area contributed by atoms with Crippen LogP contribution >= 0.6 is 0 Å². The normalized spacial score (nSPS) is 13.0. The molecular weight excluding hydrogens is 737 g/mol. The maximum Gasteiger partial charge on any atom is 0.160 e. The van der Waals surface area contributed by atoms with Gasteiger partial charge in [0.25, 0.3) is 0 Å². The molecule has 0 amide bonds. The van der Waals surface area contributed by atoms with Gasteiger partial charge in [-0.15, -0.1) is 0 Å². The molecule has 61 heavy (non-hydrogen) atoms. The lowest BCUT2D eigenvalue weighted by Crippen LogP contribution is -2.26. The fraction of sp³-hybridized carbons (Fsp3) is 0.0169. The Labute approximate surface area is 354 Å². The predicted octanol–water partition coefficient (Wildman–Crippen LogP) is 14.9. The summed E-state index contributed by atoms with van der Waals surface area (Å²) in [5.41, 5.74) is 17.5. The summed E-state index contributed by atoms with van der Waals surface area (Å²) in [6.45, 7) is 0. The van der Waals surface area contributed by atoms with Crippen molar-refractivity contribution in [2.45, 2.75) is 5.41 Å². The molecule has 11 aromatic rings. The molecule has 10 aromatic carbocycles. The van der Waals surface area contributed by atoms with Crippen LogP contribution in [0.1, 0.15) is 22.3 Å². The van der Waals surface area contributed by atoms with Crippen molar-refractivity contribution in [2.75, 3.05) is 0 Å².